The lowest BCUT2D eigenvalue weighted by Gasteiger charge is -2.34. The molecule has 0 aromatic rings. The zero-order valence-electron chi connectivity index (χ0n) is 10.1. The summed E-state index contributed by atoms with van der Waals surface area (Å²) in [5.41, 5.74) is 3.16. The van der Waals surface area contributed by atoms with Crippen molar-refractivity contribution in [1.29, 1.82) is 5.26 Å². The number of nitriles is 1. The van der Waals surface area contributed by atoms with E-state index in [0.717, 1.165) is 29.8 Å². The number of hydrogen-bond acceptors (Lipinski definition) is 2. The van der Waals surface area contributed by atoms with Gasteiger partial charge in [-0.25, -0.2) is 0 Å². The van der Waals surface area contributed by atoms with E-state index < -0.39 is 0 Å². The van der Waals surface area contributed by atoms with E-state index in [4.69, 9.17) is 5.26 Å². The standard InChI is InChI=1S/C15H18N2/c1-3-7-13-12(2)15(9-5-4-6-10-15)14(17-13)8-11-16/h3,7-8,17H,1-2,4-6,9-10H2/b13-7+,14-8-. The fraction of sp³-hybridized carbons (Fsp3) is 0.400. The first-order chi connectivity index (χ1) is 8.24. The highest BCUT2D eigenvalue weighted by molar-refractivity contribution is 5.51. The van der Waals surface area contributed by atoms with Crippen molar-refractivity contribution in [3.05, 3.63) is 48.4 Å². The van der Waals surface area contributed by atoms with E-state index in [1.165, 1.54) is 19.3 Å². The molecule has 1 heterocycles. The lowest BCUT2D eigenvalue weighted by atomic mass is 9.69. The molecule has 1 spiro atoms. The maximum absolute atomic E-state index is 8.91. The van der Waals surface area contributed by atoms with Crippen LogP contribution in [0.4, 0.5) is 0 Å². The number of nitrogens with zero attached hydrogens (tertiary/aromatic N) is 1. The molecule has 2 fully saturated rings. The van der Waals surface area contributed by atoms with Crippen LogP contribution in [-0.4, -0.2) is 0 Å². The molecule has 0 atom stereocenters. The molecule has 88 valence electrons. The largest absolute Gasteiger partial charge is 0.357 e. The molecule has 0 bridgehead atoms. The van der Waals surface area contributed by atoms with Crippen LogP contribution in [0.1, 0.15) is 32.1 Å². The Kier molecular flexibility index (Phi) is 3.19. The van der Waals surface area contributed by atoms with Crippen LogP contribution in [0, 0.1) is 16.7 Å². The Hall–Kier alpha value is -1.75. The van der Waals surface area contributed by atoms with Gasteiger partial charge in [-0.3, -0.25) is 0 Å². The Morgan fingerprint density at radius 1 is 1.29 bits per heavy atom. The molecule has 2 aliphatic rings. The van der Waals surface area contributed by atoms with Crippen molar-refractivity contribution in [3.8, 4) is 6.07 Å². The minimum atomic E-state index is -0.0111. The molecule has 0 amide bonds. The van der Waals surface area contributed by atoms with E-state index >= 15 is 0 Å². The van der Waals surface area contributed by atoms with Gasteiger partial charge in [0.15, 0.2) is 0 Å². The molecule has 1 aliphatic carbocycles. The van der Waals surface area contributed by atoms with Gasteiger partial charge in [0.25, 0.3) is 0 Å². The highest BCUT2D eigenvalue weighted by atomic mass is 15.0. The third kappa shape index (κ3) is 1.82. The van der Waals surface area contributed by atoms with Gasteiger partial charge >= 0.3 is 0 Å². The Bertz CT molecular complexity index is 440. The van der Waals surface area contributed by atoms with E-state index in [2.05, 4.69) is 24.5 Å². The first-order valence-corrected chi connectivity index (χ1v) is 6.14. The van der Waals surface area contributed by atoms with Gasteiger partial charge in [-0.15, -0.1) is 0 Å². The molecule has 1 N–H and O–H groups in total. The van der Waals surface area contributed by atoms with Gasteiger partial charge in [0, 0.05) is 22.9 Å². The van der Waals surface area contributed by atoms with Crippen LogP contribution in [0.25, 0.3) is 0 Å². The van der Waals surface area contributed by atoms with E-state index in [-0.39, 0.29) is 5.41 Å². The van der Waals surface area contributed by atoms with Gasteiger partial charge < -0.3 is 5.32 Å². The quantitative estimate of drug-likeness (QED) is 0.694. The summed E-state index contributed by atoms with van der Waals surface area (Å²) in [6.07, 6.45) is 11.3. The topological polar surface area (TPSA) is 35.8 Å². The average Bonchev–Trinajstić information content (AvgIpc) is 2.58. The van der Waals surface area contributed by atoms with Crippen molar-refractivity contribution in [2.75, 3.05) is 0 Å². The third-order valence-electron chi connectivity index (χ3n) is 3.89. The predicted octanol–water partition coefficient (Wildman–Crippen LogP) is 3.57. The number of allylic oxidation sites excluding steroid dienone is 5. The van der Waals surface area contributed by atoms with Crippen LogP contribution >= 0.6 is 0 Å². The van der Waals surface area contributed by atoms with Crippen LogP contribution in [0.2, 0.25) is 0 Å². The highest BCUT2D eigenvalue weighted by Gasteiger charge is 2.44. The van der Waals surface area contributed by atoms with E-state index in [9.17, 15) is 0 Å². The lowest BCUT2D eigenvalue weighted by molar-refractivity contribution is 0.302. The SMILES string of the molecule is C=C/C=C1/N/C(=C\C#N)C2(CCCCC2)C1=C. The van der Waals surface area contributed by atoms with Crippen LogP contribution < -0.4 is 5.32 Å². The molecule has 1 saturated carbocycles. The molecule has 2 heteroatoms. The van der Waals surface area contributed by atoms with Crippen molar-refractivity contribution in [2.45, 2.75) is 32.1 Å². The van der Waals surface area contributed by atoms with Crippen LogP contribution in [0.3, 0.4) is 0 Å². The fourth-order valence-corrected chi connectivity index (χ4v) is 2.99. The van der Waals surface area contributed by atoms with Gasteiger partial charge in [0.1, 0.15) is 0 Å². The van der Waals surface area contributed by atoms with Crippen LogP contribution in [0.5, 0.6) is 0 Å². The summed E-state index contributed by atoms with van der Waals surface area (Å²) < 4.78 is 0. The normalized spacial score (nSPS) is 27.1. The summed E-state index contributed by atoms with van der Waals surface area (Å²) in [4.78, 5) is 0. The zero-order valence-corrected chi connectivity index (χ0v) is 10.1. The molecule has 17 heavy (non-hydrogen) atoms. The summed E-state index contributed by atoms with van der Waals surface area (Å²) in [5.74, 6) is 0. The zero-order chi connectivity index (χ0) is 12.3. The number of rotatable bonds is 1. The van der Waals surface area contributed by atoms with Crippen LogP contribution in [-0.2, 0) is 0 Å². The first kappa shape index (κ1) is 11.7. The molecular formula is C15H18N2. The van der Waals surface area contributed by atoms with Crippen LogP contribution in [0.15, 0.2) is 48.4 Å². The van der Waals surface area contributed by atoms with Gasteiger partial charge in [-0.2, -0.15) is 5.26 Å². The summed E-state index contributed by atoms with van der Waals surface area (Å²) in [6.45, 7) is 7.96. The van der Waals surface area contributed by atoms with Crippen molar-refractivity contribution < 1.29 is 0 Å². The second-order valence-electron chi connectivity index (χ2n) is 4.75. The Balaban J connectivity index is 2.43. The minimum Gasteiger partial charge on any atom is -0.357 e. The maximum atomic E-state index is 8.91. The van der Waals surface area contributed by atoms with Gasteiger partial charge in [0.05, 0.1) is 6.07 Å². The van der Waals surface area contributed by atoms with E-state index in [0.29, 0.717) is 0 Å². The van der Waals surface area contributed by atoms with Crippen molar-refractivity contribution >= 4 is 0 Å². The second kappa shape index (κ2) is 4.63. The van der Waals surface area contributed by atoms with Crippen molar-refractivity contribution in [1.82, 2.24) is 5.32 Å². The summed E-state index contributed by atoms with van der Waals surface area (Å²) in [5, 5.41) is 12.2. The molecule has 0 aromatic carbocycles. The summed E-state index contributed by atoms with van der Waals surface area (Å²) in [7, 11) is 0. The molecule has 1 aliphatic heterocycles. The molecule has 2 rings (SSSR count). The number of nitrogens with one attached hydrogen (secondary N) is 1. The van der Waals surface area contributed by atoms with Gasteiger partial charge in [-0.05, 0) is 24.5 Å². The average molecular weight is 226 g/mol. The maximum Gasteiger partial charge on any atom is 0.0930 e. The fourth-order valence-electron chi connectivity index (χ4n) is 2.99. The molecule has 0 unspecified atom stereocenters. The van der Waals surface area contributed by atoms with Gasteiger partial charge in [0.2, 0.25) is 0 Å². The van der Waals surface area contributed by atoms with Gasteiger partial charge in [-0.1, -0.05) is 38.5 Å². The predicted molar refractivity (Wildman–Crippen MR) is 69.8 cm³/mol. The Labute approximate surface area is 103 Å². The van der Waals surface area contributed by atoms with E-state index in [1.54, 1.807) is 12.2 Å². The molecule has 0 radical (unpaired) electrons. The molecule has 1 saturated heterocycles. The second-order valence-corrected chi connectivity index (χ2v) is 4.75. The van der Waals surface area contributed by atoms with Crippen molar-refractivity contribution in [2.24, 2.45) is 5.41 Å². The number of hydrogen-bond donors (Lipinski definition) is 1. The molecule has 2 nitrogen and oxygen atoms in total. The third-order valence-corrected chi connectivity index (χ3v) is 3.89. The molecular weight excluding hydrogens is 208 g/mol. The first-order valence-electron chi connectivity index (χ1n) is 6.14. The summed E-state index contributed by atoms with van der Waals surface area (Å²) >= 11 is 0. The highest BCUT2D eigenvalue weighted by Crippen LogP contribution is 2.52. The van der Waals surface area contributed by atoms with Crippen molar-refractivity contribution in [3.63, 3.8) is 0 Å². The smallest absolute Gasteiger partial charge is 0.0930 e. The Morgan fingerprint density at radius 2 is 2.00 bits per heavy atom. The molecule has 0 aromatic heterocycles. The summed E-state index contributed by atoms with van der Waals surface area (Å²) in [6, 6.07) is 2.15. The monoisotopic (exact) mass is 226 g/mol. The lowest BCUT2D eigenvalue weighted by Crippen LogP contribution is -2.25. The van der Waals surface area contributed by atoms with E-state index in [1.807, 2.05) is 6.08 Å². The minimum absolute atomic E-state index is 0.0111. The Morgan fingerprint density at radius 3 is 2.59 bits per heavy atom.